The molecule has 1 aliphatic rings. The number of aryl methyl sites for hydroxylation is 1. The number of nitrogens with one attached hydrogen (secondary N) is 2. The first-order valence-corrected chi connectivity index (χ1v) is 16.4. The summed E-state index contributed by atoms with van der Waals surface area (Å²) < 4.78 is 32.1. The average Bonchev–Trinajstić information content (AvgIpc) is 3.06. The van der Waals surface area contributed by atoms with E-state index in [4.69, 9.17) is 4.74 Å². The second kappa shape index (κ2) is 14.8. The van der Waals surface area contributed by atoms with Crippen LogP contribution in [0.15, 0.2) is 120 Å². The molecule has 0 spiro atoms. The van der Waals surface area contributed by atoms with Crippen LogP contribution in [-0.4, -0.2) is 63.6 Å². The van der Waals surface area contributed by atoms with Crippen molar-refractivity contribution < 1.29 is 22.7 Å². The third-order valence-electron chi connectivity index (χ3n) is 7.65. The molecule has 1 saturated heterocycles. The zero-order valence-electron chi connectivity index (χ0n) is 24.5. The molecule has 4 aromatic rings. The Morgan fingerprint density at radius 2 is 1.43 bits per heavy atom. The van der Waals surface area contributed by atoms with E-state index in [9.17, 15) is 18.0 Å². The number of sulfone groups is 1. The maximum atomic E-state index is 13.8. The SMILES string of the molecule is O=C(N[C@H](/C=C/S(=O)(=O)c1ccc2ccccc2c1)CCc1ccccc1)[C@H](Cc1ccccc1)NC(=O)N1CCOCC1. The third-order valence-corrected chi connectivity index (χ3v) is 9.08. The number of rotatable bonds is 11. The summed E-state index contributed by atoms with van der Waals surface area (Å²) in [5.74, 6) is -0.388. The van der Waals surface area contributed by atoms with Crippen molar-refractivity contribution in [3.63, 3.8) is 0 Å². The number of ether oxygens (including phenoxy) is 1. The van der Waals surface area contributed by atoms with Gasteiger partial charge in [-0.15, -0.1) is 0 Å². The Morgan fingerprint density at radius 1 is 0.795 bits per heavy atom. The monoisotopic (exact) mass is 611 g/mol. The van der Waals surface area contributed by atoms with Crippen LogP contribution in [0.2, 0.25) is 0 Å². The highest BCUT2D eigenvalue weighted by Gasteiger charge is 2.26. The number of morpholine rings is 1. The molecule has 3 amide bonds. The van der Waals surface area contributed by atoms with Gasteiger partial charge in [-0.2, -0.15) is 0 Å². The van der Waals surface area contributed by atoms with E-state index in [-0.39, 0.29) is 23.3 Å². The molecule has 5 rings (SSSR count). The van der Waals surface area contributed by atoms with E-state index in [0.717, 1.165) is 21.9 Å². The smallest absolute Gasteiger partial charge is 0.318 e. The van der Waals surface area contributed by atoms with Crippen molar-refractivity contribution in [1.82, 2.24) is 15.5 Å². The van der Waals surface area contributed by atoms with Gasteiger partial charge in [0, 0.05) is 31.0 Å². The van der Waals surface area contributed by atoms with Crippen LogP contribution in [0.4, 0.5) is 4.79 Å². The molecule has 4 aromatic carbocycles. The summed E-state index contributed by atoms with van der Waals surface area (Å²) in [6, 6.07) is 30.1. The van der Waals surface area contributed by atoms with Crippen LogP contribution in [0.1, 0.15) is 17.5 Å². The number of fused-ring (bicyclic) bond motifs is 1. The van der Waals surface area contributed by atoms with Gasteiger partial charge < -0.3 is 20.3 Å². The summed E-state index contributed by atoms with van der Waals surface area (Å²) in [5, 5.41) is 8.88. The molecule has 8 nitrogen and oxygen atoms in total. The molecule has 44 heavy (non-hydrogen) atoms. The minimum atomic E-state index is -3.79. The Hall–Kier alpha value is -4.47. The number of hydrogen-bond acceptors (Lipinski definition) is 5. The third kappa shape index (κ3) is 8.55. The van der Waals surface area contributed by atoms with Gasteiger partial charge in [0.2, 0.25) is 5.91 Å². The lowest BCUT2D eigenvalue weighted by Crippen LogP contribution is -2.55. The summed E-state index contributed by atoms with van der Waals surface area (Å²) in [6.07, 6.45) is 2.91. The molecule has 0 bridgehead atoms. The number of benzene rings is 4. The van der Waals surface area contributed by atoms with Crippen LogP contribution in [0.3, 0.4) is 0 Å². The molecule has 0 unspecified atom stereocenters. The normalized spacial score (nSPS) is 15.1. The van der Waals surface area contributed by atoms with Crippen LogP contribution < -0.4 is 10.6 Å². The van der Waals surface area contributed by atoms with Gasteiger partial charge in [-0.1, -0.05) is 97.1 Å². The first kappa shape index (κ1) is 31.0. The van der Waals surface area contributed by atoms with Gasteiger partial charge >= 0.3 is 6.03 Å². The molecule has 0 aromatic heterocycles. The summed E-state index contributed by atoms with van der Waals surface area (Å²) in [7, 11) is -3.79. The standard InChI is InChI=1S/C35H37N3O5S/c39-34(33(25-28-11-5-2-6-12-28)37-35(40)38-20-22-43-23-21-38)36-31(17-15-27-9-3-1-4-10-27)19-24-44(41,42)32-18-16-29-13-7-8-14-30(29)26-32/h1-14,16,18-19,24,26,31,33H,15,17,20-23,25H2,(H,36,39)(H,37,40)/b24-19+/t31-,33-/m0/s1. The van der Waals surface area contributed by atoms with E-state index in [1.165, 1.54) is 11.5 Å². The highest BCUT2D eigenvalue weighted by atomic mass is 32.2. The maximum Gasteiger partial charge on any atom is 0.318 e. The van der Waals surface area contributed by atoms with Crippen LogP contribution in [0.25, 0.3) is 10.8 Å². The van der Waals surface area contributed by atoms with Crippen LogP contribution in [-0.2, 0) is 32.2 Å². The molecule has 0 radical (unpaired) electrons. The Labute approximate surface area is 258 Å². The summed E-state index contributed by atoms with van der Waals surface area (Å²) in [4.78, 5) is 28.7. The fraction of sp³-hybridized carbons (Fsp3) is 0.257. The largest absolute Gasteiger partial charge is 0.378 e. The lowest BCUT2D eigenvalue weighted by Gasteiger charge is -2.29. The van der Waals surface area contributed by atoms with Crippen molar-refractivity contribution in [2.24, 2.45) is 0 Å². The molecule has 1 fully saturated rings. The molecule has 2 atom stereocenters. The molecule has 2 N–H and O–H groups in total. The lowest BCUT2D eigenvalue weighted by molar-refractivity contribution is -0.123. The van der Waals surface area contributed by atoms with Gasteiger partial charge in [-0.3, -0.25) is 4.79 Å². The average molecular weight is 612 g/mol. The predicted molar refractivity (Wildman–Crippen MR) is 172 cm³/mol. The number of nitrogens with zero attached hydrogens (tertiary/aromatic N) is 1. The van der Waals surface area contributed by atoms with Crippen LogP contribution >= 0.6 is 0 Å². The number of amides is 3. The molecular weight excluding hydrogens is 574 g/mol. The topological polar surface area (TPSA) is 105 Å². The van der Waals surface area contributed by atoms with E-state index in [1.807, 2.05) is 84.9 Å². The molecule has 0 saturated carbocycles. The van der Waals surface area contributed by atoms with Crippen LogP contribution in [0.5, 0.6) is 0 Å². The van der Waals surface area contributed by atoms with E-state index in [1.54, 1.807) is 23.1 Å². The van der Waals surface area contributed by atoms with Crippen LogP contribution in [0, 0.1) is 0 Å². The zero-order valence-corrected chi connectivity index (χ0v) is 25.3. The number of carbonyl (C=O) groups excluding carboxylic acids is 2. The highest BCUT2D eigenvalue weighted by Crippen LogP contribution is 2.21. The maximum absolute atomic E-state index is 13.8. The van der Waals surface area contributed by atoms with E-state index in [0.29, 0.717) is 39.1 Å². The first-order chi connectivity index (χ1) is 21.4. The van der Waals surface area contributed by atoms with Crippen molar-refractivity contribution in [3.8, 4) is 0 Å². The lowest BCUT2D eigenvalue weighted by atomic mass is 10.0. The van der Waals surface area contributed by atoms with Gasteiger partial charge in [0.25, 0.3) is 0 Å². The second-order valence-corrected chi connectivity index (χ2v) is 12.6. The minimum absolute atomic E-state index is 0.181. The molecule has 1 heterocycles. The molecule has 9 heteroatoms. The van der Waals surface area contributed by atoms with E-state index >= 15 is 0 Å². The molecule has 0 aliphatic carbocycles. The van der Waals surface area contributed by atoms with Crippen molar-refractivity contribution >= 4 is 32.5 Å². The molecule has 1 aliphatic heterocycles. The summed E-state index contributed by atoms with van der Waals surface area (Å²) >= 11 is 0. The van der Waals surface area contributed by atoms with Gasteiger partial charge in [0.1, 0.15) is 6.04 Å². The first-order valence-electron chi connectivity index (χ1n) is 14.8. The van der Waals surface area contributed by atoms with E-state index in [2.05, 4.69) is 10.6 Å². The molecule has 228 valence electrons. The van der Waals surface area contributed by atoms with Gasteiger partial charge in [-0.05, 0) is 46.9 Å². The summed E-state index contributed by atoms with van der Waals surface area (Å²) in [5.41, 5.74) is 1.96. The van der Waals surface area contributed by atoms with Crippen molar-refractivity contribution in [2.45, 2.75) is 36.2 Å². The number of urea groups is 1. The minimum Gasteiger partial charge on any atom is -0.378 e. The van der Waals surface area contributed by atoms with Gasteiger partial charge in [0.05, 0.1) is 18.1 Å². The Morgan fingerprint density at radius 3 is 2.14 bits per heavy atom. The van der Waals surface area contributed by atoms with E-state index < -0.39 is 21.9 Å². The predicted octanol–water partition coefficient (Wildman–Crippen LogP) is 4.90. The molecular formula is C35H37N3O5S. The van der Waals surface area contributed by atoms with Gasteiger partial charge in [-0.25, -0.2) is 13.2 Å². The summed E-state index contributed by atoms with van der Waals surface area (Å²) in [6.45, 7) is 1.78. The fourth-order valence-corrected chi connectivity index (χ4v) is 6.26. The highest BCUT2D eigenvalue weighted by molar-refractivity contribution is 7.94. The quantitative estimate of drug-likeness (QED) is 0.251. The Kier molecular flexibility index (Phi) is 10.4. The van der Waals surface area contributed by atoms with Crippen molar-refractivity contribution in [2.75, 3.05) is 26.3 Å². The number of carbonyl (C=O) groups is 2. The van der Waals surface area contributed by atoms with Gasteiger partial charge in [0.15, 0.2) is 9.84 Å². The van der Waals surface area contributed by atoms with Crippen molar-refractivity contribution in [1.29, 1.82) is 0 Å². The number of hydrogen-bond donors (Lipinski definition) is 2. The second-order valence-electron chi connectivity index (χ2n) is 10.8. The van der Waals surface area contributed by atoms with Crippen molar-refractivity contribution in [3.05, 3.63) is 126 Å². The fourth-order valence-electron chi connectivity index (χ4n) is 5.15. The Bertz CT molecular complexity index is 1690. The zero-order chi connectivity index (χ0) is 30.8. The Balaban J connectivity index is 1.36.